The minimum atomic E-state index is -0.833. The molecule has 9 nitrogen and oxygen atoms in total. The standard InChI is InChI=1S/C24H28ClF2N7O2/c25-14-10-17(26)20(18(27)11-14)32-24-31-19-12-29-23(30-15-2-1-8-36-9-7-15)33-22(19)34(24)16-5-3-13(4-6-16)21(28)35/h10-13,15-16H,1-9H2,(H2,28,35)(H,31,32)(H,29,30,33). The number of halogens is 3. The molecule has 0 spiro atoms. The Hall–Kier alpha value is -3.05. The molecule has 0 radical (unpaired) electrons. The highest BCUT2D eigenvalue weighted by Gasteiger charge is 2.30. The molecule has 2 fully saturated rings. The first-order chi connectivity index (χ1) is 17.4. The lowest BCUT2D eigenvalue weighted by molar-refractivity contribution is -0.122. The molecule has 1 unspecified atom stereocenters. The summed E-state index contributed by atoms with van der Waals surface area (Å²) < 4.78 is 36.6. The Morgan fingerprint density at radius 2 is 1.83 bits per heavy atom. The van der Waals surface area contributed by atoms with Gasteiger partial charge in [-0.3, -0.25) is 9.36 Å². The number of amides is 1. The first-order valence-corrected chi connectivity index (χ1v) is 12.6. The number of aromatic nitrogens is 4. The lowest BCUT2D eigenvalue weighted by Crippen LogP contribution is -2.29. The van der Waals surface area contributed by atoms with E-state index in [-0.39, 0.29) is 40.6 Å². The first-order valence-electron chi connectivity index (χ1n) is 12.2. The van der Waals surface area contributed by atoms with Crippen molar-refractivity contribution in [1.82, 2.24) is 19.5 Å². The molecular weight excluding hydrogens is 492 g/mol. The quantitative estimate of drug-likeness (QED) is 0.431. The van der Waals surface area contributed by atoms with Crippen molar-refractivity contribution in [3.05, 3.63) is 35.0 Å². The van der Waals surface area contributed by atoms with Crippen molar-refractivity contribution in [2.75, 3.05) is 23.8 Å². The zero-order chi connectivity index (χ0) is 25.2. The van der Waals surface area contributed by atoms with Gasteiger partial charge in [0.2, 0.25) is 17.8 Å². The molecule has 12 heteroatoms. The van der Waals surface area contributed by atoms with Gasteiger partial charge in [0, 0.05) is 36.2 Å². The van der Waals surface area contributed by atoms with Crippen LogP contribution in [-0.4, -0.2) is 44.7 Å². The van der Waals surface area contributed by atoms with Gasteiger partial charge in [0.1, 0.15) is 11.2 Å². The number of rotatable bonds is 6. The number of nitrogens with two attached hydrogens (primary N) is 1. The predicted molar refractivity (Wildman–Crippen MR) is 132 cm³/mol. The van der Waals surface area contributed by atoms with Gasteiger partial charge in [-0.05, 0) is 57.1 Å². The summed E-state index contributed by atoms with van der Waals surface area (Å²) in [5.74, 6) is -1.48. The van der Waals surface area contributed by atoms with Crippen molar-refractivity contribution in [3.8, 4) is 0 Å². The third-order valence-electron chi connectivity index (χ3n) is 6.93. The highest BCUT2D eigenvalue weighted by Crippen LogP contribution is 2.37. The van der Waals surface area contributed by atoms with Gasteiger partial charge in [-0.25, -0.2) is 18.7 Å². The van der Waals surface area contributed by atoms with Crippen molar-refractivity contribution in [3.63, 3.8) is 0 Å². The van der Waals surface area contributed by atoms with Gasteiger partial charge in [-0.1, -0.05) is 11.6 Å². The summed E-state index contributed by atoms with van der Waals surface area (Å²) in [6.45, 7) is 1.42. The molecule has 3 aromatic rings. The minimum absolute atomic E-state index is 0.0423. The fraction of sp³-hybridized carbons (Fsp3) is 0.500. The van der Waals surface area contributed by atoms with Crippen LogP contribution in [0, 0.1) is 17.6 Å². The predicted octanol–water partition coefficient (Wildman–Crippen LogP) is 4.70. The van der Waals surface area contributed by atoms with Gasteiger partial charge in [0.25, 0.3) is 0 Å². The number of nitrogens with zero attached hydrogens (tertiary/aromatic N) is 4. The second-order valence-corrected chi connectivity index (χ2v) is 9.81. The normalized spacial score (nSPS) is 22.8. The molecular formula is C24H28ClF2N7O2. The van der Waals surface area contributed by atoms with Gasteiger partial charge in [-0.15, -0.1) is 0 Å². The SMILES string of the molecule is NC(=O)C1CCC(n2c(Nc3c(F)cc(Cl)cc3F)nc3cnc(NC4CCCOCC4)nc32)CC1. The van der Waals surface area contributed by atoms with Gasteiger partial charge in [0.15, 0.2) is 17.3 Å². The third kappa shape index (κ3) is 5.22. The van der Waals surface area contributed by atoms with E-state index in [9.17, 15) is 13.6 Å². The van der Waals surface area contributed by atoms with E-state index in [1.165, 1.54) is 0 Å². The number of imidazole rings is 1. The average Bonchev–Trinajstić information content (AvgIpc) is 2.99. The zero-order valence-corrected chi connectivity index (χ0v) is 20.4. The molecule has 1 aromatic carbocycles. The molecule has 1 saturated carbocycles. The molecule has 1 saturated heterocycles. The summed E-state index contributed by atoms with van der Waals surface area (Å²) in [5, 5.41) is 6.16. The highest BCUT2D eigenvalue weighted by atomic mass is 35.5. The largest absolute Gasteiger partial charge is 0.381 e. The Morgan fingerprint density at radius 1 is 1.08 bits per heavy atom. The highest BCUT2D eigenvalue weighted by molar-refractivity contribution is 6.30. The summed E-state index contributed by atoms with van der Waals surface area (Å²) in [6.07, 6.45) is 6.86. The summed E-state index contributed by atoms with van der Waals surface area (Å²) in [7, 11) is 0. The molecule has 2 aromatic heterocycles. The number of nitrogens with one attached hydrogen (secondary N) is 2. The Kier molecular flexibility index (Phi) is 7.20. The fourth-order valence-electron chi connectivity index (χ4n) is 5.02. The molecule has 5 rings (SSSR count). The van der Waals surface area contributed by atoms with Gasteiger partial charge in [0.05, 0.1) is 6.20 Å². The van der Waals surface area contributed by atoms with Crippen molar-refractivity contribution < 1.29 is 18.3 Å². The summed E-state index contributed by atoms with van der Waals surface area (Å²) in [4.78, 5) is 25.4. The van der Waals surface area contributed by atoms with E-state index >= 15 is 0 Å². The fourth-order valence-corrected chi connectivity index (χ4v) is 5.21. The number of carbonyl (C=O) groups is 1. The maximum Gasteiger partial charge on any atom is 0.224 e. The Labute approximate surface area is 211 Å². The van der Waals surface area contributed by atoms with E-state index in [1.54, 1.807) is 6.20 Å². The van der Waals surface area contributed by atoms with Crippen LogP contribution in [0.25, 0.3) is 11.2 Å². The Morgan fingerprint density at radius 3 is 2.56 bits per heavy atom. The second-order valence-electron chi connectivity index (χ2n) is 9.37. The van der Waals surface area contributed by atoms with Crippen LogP contribution in [0.1, 0.15) is 51.0 Å². The third-order valence-corrected chi connectivity index (χ3v) is 7.14. The number of fused-ring (bicyclic) bond motifs is 1. The Bertz CT molecular complexity index is 1230. The van der Waals surface area contributed by atoms with E-state index in [2.05, 4.69) is 20.6 Å². The van der Waals surface area contributed by atoms with E-state index < -0.39 is 11.6 Å². The molecule has 4 N–H and O–H groups in total. The molecule has 2 aliphatic rings. The van der Waals surface area contributed by atoms with E-state index in [0.717, 1.165) is 38.0 Å². The van der Waals surface area contributed by atoms with Crippen LogP contribution in [0.2, 0.25) is 5.02 Å². The Balaban J connectivity index is 1.51. The van der Waals surface area contributed by atoms with Crippen LogP contribution < -0.4 is 16.4 Å². The van der Waals surface area contributed by atoms with Crippen molar-refractivity contribution >= 4 is 46.3 Å². The summed E-state index contributed by atoms with van der Waals surface area (Å²) in [6, 6.07) is 2.16. The van der Waals surface area contributed by atoms with E-state index in [0.29, 0.717) is 49.4 Å². The monoisotopic (exact) mass is 519 g/mol. The smallest absolute Gasteiger partial charge is 0.224 e. The molecule has 1 aliphatic heterocycles. The van der Waals surface area contributed by atoms with Crippen LogP contribution in [0.5, 0.6) is 0 Å². The zero-order valence-electron chi connectivity index (χ0n) is 19.6. The molecule has 1 aliphatic carbocycles. The first kappa shape index (κ1) is 24.6. The summed E-state index contributed by atoms with van der Waals surface area (Å²) in [5.41, 5.74) is 6.19. The topological polar surface area (TPSA) is 120 Å². The van der Waals surface area contributed by atoms with Crippen LogP contribution in [-0.2, 0) is 9.53 Å². The lowest BCUT2D eigenvalue weighted by atomic mass is 9.85. The van der Waals surface area contributed by atoms with E-state index in [1.807, 2.05) is 4.57 Å². The van der Waals surface area contributed by atoms with Crippen molar-refractivity contribution in [2.24, 2.45) is 11.7 Å². The van der Waals surface area contributed by atoms with Crippen LogP contribution in [0.3, 0.4) is 0 Å². The number of hydrogen-bond acceptors (Lipinski definition) is 7. The molecule has 192 valence electrons. The second kappa shape index (κ2) is 10.5. The number of anilines is 3. The van der Waals surface area contributed by atoms with E-state index in [4.69, 9.17) is 27.1 Å². The molecule has 36 heavy (non-hydrogen) atoms. The maximum atomic E-state index is 14.6. The lowest BCUT2D eigenvalue weighted by Gasteiger charge is -2.29. The molecule has 1 amide bonds. The number of benzene rings is 1. The molecule has 1 atom stereocenters. The molecule has 3 heterocycles. The van der Waals surface area contributed by atoms with Gasteiger partial charge >= 0.3 is 0 Å². The van der Waals surface area contributed by atoms with Crippen LogP contribution in [0.4, 0.5) is 26.4 Å². The van der Waals surface area contributed by atoms with Gasteiger partial charge < -0.3 is 21.1 Å². The van der Waals surface area contributed by atoms with Crippen molar-refractivity contribution in [2.45, 2.75) is 57.0 Å². The average molecular weight is 520 g/mol. The van der Waals surface area contributed by atoms with Gasteiger partial charge in [-0.2, -0.15) is 4.98 Å². The minimum Gasteiger partial charge on any atom is -0.381 e. The summed E-state index contributed by atoms with van der Waals surface area (Å²) >= 11 is 5.79. The number of primary amides is 1. The maximum absolute atomic E-state index is 14.6. The number of carbonyl (C=O) groups excluding carboxylic acids is 1. The van der Waals surface area contributed by atoms with Crippen LogP contribution in [0.15, 0.2) is 18.3 Å². The molecule has 0 bridgehead atoms. The van der Waals surface area contributed by atoms with Crippen molar-refractivity contribution in [1.29, 1.82) is 0 Å². The van der Waals surface area contributed by atoms with Crippen LogP contribution >= 0.6 is 11.6 Å². The number of ether oxygens (including phenoxy) is 1. The number of hydrogen-bond donors (Lipinski definition) is 3.